The third-order valence-corrected chi connectivity index (χ3v) is 3.43. The molecule has 15 heavy (non-hydrogen) atoms. The number of fused-ring (bicyclic) bond motifs is 1. The van der Waals surface area contributed by atoms with Crippen molar-refractivity contribution in [1.29, 1.82) is 0 Å². The summed E-state index contributed by atoms with van der Waals surface area (Å²) in [7, 11) is 0. The van der Waals surface area contributed by atoms with Gasteiger partial charge >= 0.3 is 0 Å². The van der Waals surface area contributed by atoms with Gasteiger partial charge in [-0.3, -0.25) is 4.98 Å². The maximum absolute atomic E-state index is 4.73. The Bertz CT molecular complexity index is 439. The fraction of sp³-hybridized carbons (Fsp3) is 0.500. The number of aromatic nitrogens is 1. The molecular formula is C14H19N. The Morgan fingerprint density at radius 1 is 1.20 bits per heavy atom. The van der Waals surface area contributed by atoms with Crippen molar-refractivity contribution in [3.8, 4) is 0 Å². The van der Waals surface area contributed by atoms with E-state index >= 15 is 0 Å². The van der Waals surface area contributed by atoms with Crippen LogP contribution >= 0.6 is 0 Å². The van der Waals surface area contributed by atoms with Gasteiger partial charge in [0.15, 0.2) is 0 Å². The third kappa shape index (κ3) is 1.60. The topological polar surface area (TPSA) is 12.9 Å². The molecule has 0 bridgehead atoms. The molecule has 1 heteroatoms. The molecule has 0 aliphatic heterocycles. The van der Waals surface area contributed by atoms with Crippen LogP contribution in [0.2, 0.25) is 0 Å². The number of aryl methyl sites for hydroxylation is 1. The summed E-state index contributed by atoms with van der Waals surface area (Å²) in [5.74, 6) is 0.566. The Hall–Kier alpha value is -1.11. The van der Waals surface area contributed by atoms with Gasteiger partial charge in [-0.05, 0) is 49.5 Å². The molecule has 1 heterocycles. The Kier molecular flexibility index (Phi) is 2.41. The predicted molar refractivity (Wildman–Crippen MR) is 65.0 cm³/mol. The lowest BCUT2D eigenvalue weighted by atomic mass is 9.98. The maximum Gasteiger partial charge on any atom is 0.0522 e. The molecular weight excluding hydrogens is 182 g/mol. The second-order valence-corrected chi connectivity index (χ2v) is 4.89. The fourth-order valence-corrected chi connectivity index (χ4v) is 2.33. The Balaban J connectivity index is 2.58. The lowest BCUT2D eigenvalue weighted by Crippen LogP contribution is -2.00. The van der Waals surface area contributed by atoms with Crippen LogP contribution in [-0.2, 0) is 6.42 Å². The summed E-state index contributed by atoms with van der Waals surface area (Å²) in [4.78, 5) is 4.73. The summed E-state index contributed by atoms with van der Waals surface area (Å²) < 4.78 is 0. The minimum atomic E-state index is 0.566. The standard InChI is InChI=1S/C14H19N/c1-8(2)12-7-13-10(4)9(3)6-14(13)15-11(12)5/h7-8H,6H2,1-5H3. The van der Waals surface area contributed by atoms with E-state index in [2.05, 4.69) is 40.7 Å². The molecule has 0 N–H and O–H groups in total. The second kappa shape index (κ2) is 3.48. The molecule has 0 amide bonds. The highest BCUT2D eigenvalue weighted by molar-refractivity contribution is 5.74. The Morgan fingerprint density at radius 3 is 2.47 bits per heavy atom. The van der Waals surface area contributed by atoms with Crippen molar-refractivity contribution >= 4 is 5.57 Å². The van der Waals surface area contributed by atoms with Gasteiger partial charge in [0.05, 0.1) is 5.69 Å². The van der Waals surface area contributed by atoms with E-state index in [9.17, 15) is 0 Å². The monoisotopic (exact) mass is 201 g/mol. The first-order valence-electron chi connectivity index (χ1n) is 5.68. The Morgan fingerprint density at radius 2 is 1.87 bits per heavy atom. The van der Waals surface area contributed by atoms with Crippen molar-refractivity contribution in [2.24, 2.45) is 0 Å². The molecule has 1 aromatic heterocycles. The average Bonchev–Trinajstić information content (AvgIpc) is 2.41. The molecule has 1 aliphatic carbocycles. The highest BCUT2D eigenvalue weighted by Gasteiger charge is 2.19. The van der Waals surface area contributed by atoms with Crippen LogP contribution in [-0.4, -0.2) is 4.98 Å². The second-order valence-electron chi connectivity index (χ2n) is 4.89. The summed E-state index contributed by atoms with van der Waals surface area (Å²) >= 11 is 0. The minimum Gasteiger partial charge on any atom is -0.257 e. The molecule has 80 valence electrons. The van der Waals surface area contributed by atoms with Crippen LogP contribution in [0.5, 0.6) is 0 Å². The van der Waals surface area contributed by atoms with Crippen molar-refractivity contribution in [2.75, 3.05) is 0 Å². The molecule has 0 aromatic carbocycles. The molecule has 0 saturated heterocycles. The van der Waals surface area contributed by atoms with Crippen LogP contribution in [0.25, 0.3) is 5.57 Å². The molecule has 0 saturated carbocycles. The number of pyridine rings is 1. The van der Waals surface area contributed by atoms with E-state index in [1.807, 2.05) is 0 Å². The van der Waals surface area contributed by atoms with E-state index in [4.69, 9.17) is 4.98 Å². The average molecular weight is 201 g/mol. The van der Waals surface area contributed by atoms with Gasteiger partial charge in [-0.15, -0.1) is 0 Å². The highest BCUT2D eigenvalue weighted by atomic mass is 14.7. The summed E-state index contributed by atoms with van der Waals surface area (Å²) in [6.07, 6.45) is 1.04. The molecule has 1 nitrogen and oxygen atoms in total. The van der Waals surface area contributed by atoms with Crippen LogP contribution in [0.4, 0.5) is 0 Å². The largest absolute Gasteiger partial charge is 0.257 e. The third-order valence-electron chi connectivity index (χ3n) is 3.43. The fourth-order valence-electron chi connectivity index (χ4n) is 2.33. The van der Waals surface area contributed by atoms with Crippen LogP contribution < -0.4 is 0 Å². The number of hydrogen-bond donors (Lipinski definition) is 0. The first kappa shape index (κ1) is 10.4. The van der Waals surface area contributed by atoms with Crippen molar-refractivity contribution in [3.63, 3.8) is 0 Å². The summed E-state index contributed by atoms with van der Waals surface area (Å²) in [6, 6.07) is 2.34. The first-order valence-corrected chi connectivity index (χ1v) is 5.68. The van der Waals surface area contributed by atoms with Crippen LogP contribution in [0.3, 0.4) is 0 Å². The van der Waals surface area contributed by atoms with Gasteiger partial charge < -0.3 is 0 Å². The van der Waals surface area contributed by atoms with Crippen molar-refractivity contribution in [3.05, 3.63) is 34.2 Å². The number of rotatable bonds is 1. The molecule has 0 fully saturated rings. The van der Waals surface area contributed by atoms with E-state index in [0.717, 1.165) is 6.42 Å². The molecule has 1 aliphatic rings. The van der Waals surface area contributed by atoms with Gasteiger partial charge in [0.2, 0.25) is 0 Å². The quantitative estimate of drug-likeness (QED) is 0.672. The Labute approximate surface area is 92.2 Å². The van der Waals surface area contributed by atoms with Gasteiger partial charge in [-0.1, -0.05) is 19.4 Å². The smallest absolute Gasteiger partial charge is 0.0522 e. The predicted octanol–water partition coefficient (Wildman–Crippen LogP) is 3.86. The van der Waals surface area contributed by atoms with Gasteiger partial charge in [0.25, 0.3) is 0 Å². The summed E-state index contributed by atoms with van der Waals surface area (Å²) in [6.45, 7) is 11.0. The zero-order valence-corrected chi connectivity index (χ0v) is 10.3. The zero-order valence-electron chi connectivity index (χ0n) is 10.3. The molecule has 0 unspecified atom stereocenters. The lowest BCUT2D eigenvalue weighted by molar-refractivity contribution is 0.835. The summed E-state index contributed by atoms with van der Waals surface area (Å²) in [5.41, 5.74) is 8.14. The molecule has 0 atom stereocenters. The molecule has 2 rings (SSSR count). The van der Waals surface area contributed by atoms with E-state index in [1.165, 1.54) is 33.7 Å². The van der Waals surface area contributed by atoms with Gasteiger partial charge in [0.1, 0.15) is 0 Å². The van der Waals surface area contributed by atoms with Gasteiger partial charge in [0, 0.05) is 12.1 Å². The normalized spacial score (nSPS) is 15.1. The zero-order chi connectivity index (χ0) is 11.2. The van der Waals surface area contributed by atoms with Crippen LogP contribution in [0, 0.1) is 6.92 Å². The SMILES string of the molecule is CC1=C(C)c2cc(C(C)C)c(C)nc2C1. The minimum absolute atomic E-state index is 0.566. The maximum atomic E-state index is 4.73. The summed E-state index contributed by atoms with van der Waals surface area (Å²) in [5, 5.41) is 0. The van der Waals surface area contributed by atoms with Gasteiger partial charge in [-0.25, -0.2) is 0 Å². The number of hydrogen-bond acceptors (Lipinski definition) is 1. The lowest BCUT2D eigenvalue weighted by Gasteiger charge is -2.12. The highest BCUT2D eigenvalue weighted by Crippen LogP contribution is 2.33. The molecule has 0 spiro atoms. The van der Waals surface area contributed by atoms with Crippen LogP contribution in [0.1, 0.15) is 56.1 Å². The van der Waals surface area contributed by atoms with E-state index in [0.29, 0.717) is 5.92 Å². The van der Waals surface area contributed by atoms with E-state index in [-0.39, 0.29) is 0 Å². The number of nitrogens with zero attached hydrogens (tertiary/aromatic N) is 1. The van der Waals surface area contributed by atoms with Crippen LogP contribution in [0.15, 0.2) is 11.6 Å². The van der Waals surface area contributed by atoms with Crippen molar-refractivity contribution < 1.29 is 0 Å². The van der Waals surface area contributed by atoms with E-state index < -0.39 is 0 Å². The first-order chi connectivity index (χ1) is 7.00. The van der Waals surface area contributed by atoms with Gasteiger partial charge in [-0.2, -0.15) is 0 Å². The molecule has 0 radical (unpaired) electrons. The van der Waals surface area contributed by atoms with Crippen molar-refractivity contribution in [2.45, 2.75) is 47.0 Å². The van der Waals surface area contributed by atoms with Crippen molar-refractivity contribution in [1.82, 2.24) is 4.98 Å². The molecule has 1 aromatic rings. The number of allylic oxidation sites excluding steroid dienone is 2. The van der Waals surface area contributed by atoms with E-state index in [1.54, 1.807) is 0 Å².